The van der Waals surface area contributed by atoms with Gasteiger partial charge in [-0.15, -0.1) is 0 Å². The molecule has 0 heterocycles. The molecule has 20 heavy (non-hydrogen) atoms. The standard InChI is InChI=1S/C17H17BrO2/c1-11(2)13-5-4-6-15(9-13)20-17-8-7-14(18)10-16(17)12(3)19/h4-11H,1-3H3. The highest BCUT2D eigenvalue weighted by Gasteiger charge is 2.10. The second-order valence-electron chi connectivity index (χ2n) is 5.03. The zero-order chi connectivity index (χ0) is 14.7. The second kappa shape index (κ2) is 6.23. The summed E-state index contributed by atoms with van der Waals surface area (Å²) in [6.45, 7) is 5.82. The molecule has 0 aromatic heterocycles. The molecule has 0 aliphatic carbocycles. The van der Waals surface area contributed by atoms with Crippen molar-refractivity contribution in [3.8, 4) is 11.5 Å². The van der Waals surface area contributed by atoms with Crippen molar-refractivity contribution in [1.82, 2.24) is 0 Å². The molecule has 0 saturated heterocycles. The number of carbonyl (C=O) groups is 1. The number of ketones is 1. The number of carbonyl (C=O) groups excluding carboxylic acids is 1. The van der Waals surface area contributed by atoms with E-state index >= 15 is 0 Å². The second-order valence-corrected chi connectivity index (χ2v) is 5.94. The lowest BCUT2D eigenvalue weighted by Crippen LogP contribution is -1.97. The normalized spacial score (nSPS) is 10.7. The van der Waals surface area contributed by atoms with Gasteiger partial charge in [-0.25, -0.2) is 0 Å². The van der Waals surface area contributed by atoms with Gasteiger partial charge in [0.2, 0.25) is 0 Å². The Bertz CT molecular complexity index is 633. The monoisotopic (exact) mass is 332 g/mol. The number of hydrogen-bond acceptors (Lipinski definition) is 2. The van der Waals surface area contributed by atoms with Gasteiger partial charge in [-0.2, -0.15) is 0 Å². The number of halogens is 1. The van der Waals surface area contributed by atoms with Gasteiger partial charge < -0.3 is 4.74 Å². The van der Waals surface area contributed by atoms with E-state index in [-0.39, 0.29) is 5.78 Å². The van der Waals surface area contributed by atoms with Crippen LogP contribution in [0, 0.1) is 0 Å². The molecule has 0 atom stereocenters. The molecule has 0 unspecified atom stereocenters. The minimum Gasteiger partial charge on any atom is -0.457 e. The van der Waals surface area contributed by atoms with Crippen molar-refractivity contribution >= 4 is 21.7 Å². The Morgan fingerprint density at radius 1 is 1.15 bits per heavy atom. The highest BCUT2D eigenvalue weighted by atomic mass is 79.9. The average molecular weight is 333 g/mol. The Morgan fingerprint density at radius 3 is 2.55 bits per heavy atom. The summed E-state index contributed by atoms with van der Waals surface area (Å²) in [6.07, 6.45) is 0. The fourth-order valence-corrected chi connectivity index (χ4v) is 2.29. The number of benzene rings is 2. The third-order valence-electron chi connectivity index (χ3n) is 3.07. The Morgan fingerprint density at radius 2 is 1.90 bits per heavy atom. The topological polar surface area (TPSA) is 26.3 Å². The Balaban J connectivity index is 2.35. The van der Waals surface area contributed by atoms with Gasteiger partial charge in [0.25, 0.3) is 0 Å². The minimum absolute atomic E-state index is 0.0127. The van der Waals surface area contributed by atoms with E-state index in [0.29, 0.717) is 17.2 Å². The molecule has 0 saturated carbocycles. The fraction of sp³-hybridized carbons (Fsp3) is 0.235. The van der Waals surface area contributed by atoms with E-state index in [9.17, 15) is 4.79 Å². The lowest BCUT2D eigenvalue weighted by Gasteiger charge is -2.12. The van der Waals surface area contributed by atoms with Crippen molar-refractivity contribution < 1.29 is 9.53 Å². The molecular formula is C17H17BrO2. The van der Waals surface area contributed by atoms with Crippen LogP contribution in [0.15, 0.2) is 46.9 Å². The van der Waals surface area contributed by atoms with E-state index in [1.165, 1.54) is 5.56 Å². The molecule has 0 amide bonds. The van der Waals surface area contributed by atoms with Gasteiger partial charge in [0.05, 0.1) is 5.56 Å². The number of hydrogen-bond donors (Lipinski definition) is 0. The third-order valence-corrected chi connectivity index (χ3v) is 3.57. The molecule has 2 aromatic carbocycles. The van der Waals surface area contributed by atoms with Gasteiger partial charge in [-0.1, -0.05) is 41.9 Å². The molecule has 104 valence electrons. The first kappa shape index (κ1) is 14.8. The summed E-state index contributed by atoms with van der Waals surface area (Å²) in [7, 11) is 0. The Hall–Kier alpha value is -1.61. The molecule has 2 nitrogen and oxygen atoms in total. The molecular weight excluding hydrogens is 316 g/mol. The summed E-state index contributed by atoms with van der Waals surface area (Å²) in [4.78, 5) is 11.7. The first-order valence-corrected chi connectivity index (χ1v) is 7.35. The molecule has 0 aliphatic heterocycles. The summed E-state index contributed by atoms with van der Waals surface area (Å²) in [5, 5.41) is 0. The average Bonchev–Trinajstić information content (AvgIpc) is 2.41. The summed E-state index contributed by atoms with van der Waals surface area (Å²) >= 11 is 3.37. The van der Waals surface area contributed by atoms with Crippen LogP contribution in [0.1, 0.15) is 42.6 Å². The van der Waals surface area contributed by atoms with Crippen molar-refractivity contribution in [2.75, 3.05) is 0 Å². The van der Waals surface area contributed by atoms with Gasteiger partial charge >= 0.3 is 0 Å². The SMILES string of the molecule is CC(=O)c1cc(Br)ccc1Oc1cccc(C(C)C)c1. The van der Waals surface area contributed by atoms with Gasteiger partial charge in [-0.05, 0) is 48.7 Å². The van der Waals surface area contributed by atoms with Crippen molar-refractivity contribution in [1.29, 1.82) is 0 Å². The van der Waals surface area contributed by atoms with Crippen LogP contribution in [0.2, 0.25) is 0 Å². The molecule has 0 bridgehead atoms. The van der Waals surface area contributed by atoms with Gasteiger partial charge in [0, 0.05) is 4.47 Å². The molecule has 0 spiro atoms. The van der Waals surface area contributed by atoms with Gasteiger partial charge in [0.1, 0.15) is 11.5 Å². The maximum atomic E-state index is 11.7. The first-order valence-electron chi connectivity index (χ1n) is 6.55. The van der Waals surface area contributed by atoms with E-state index in [2.05, 4.69) is 35.8 Å². The highest BCUT2D eigenvalue weighted by Crippen LogP contribution is 2.30. The van der Waals surface area contributed by atoms with E-state index < -0.39 is 0 Å². The lowest BCUT2D eigenvalue weighted by atomic mass is 10.0. The largest absolute Gasteiger partial charge is 0.457 e. The first-order chi connectivity index (χ1) is 9.47. The van der Waals surface area contributed by atoms with Crippen LogP contribution in [-0.4, -0.2) is 5.78 Å². The molecule has 2 aromatic rings. The predicted molar refractivity (Wildman–Crippen MR) is 84.8 cm³/mol. The van der Waals surface area contributed by atoms with Crippen LogP contribution >= 0.6 is 15.9 Å². The smallest absolute Gasteiger partial charge is 0.163 e. The molecule has 0 N–H and O–H groups in total. The van der Waals surface area contributed by atoms with Crippen LogP contribution < -0.4 is 4.74 Å². The van der Waals surface area contributed by atoms with Gasteiger partial charge in [-0.3, -0.25) is 4.79 Å². The zero-order valence-corrected chi connectivity index (χ0v) is 13.4. The van der Waals surface area contributed by atoms with E-state index in [0.717, 1.165) is 10.2 Å². The summed E-state index contributed by atoms with van der Waals surface area (Å²) in [6, 6.07) is 13.4. The molecule has 0 aliphatic rings. The lowest BCUT2D eigenvalue weighted by molar-refractivity contribution is 0.101. The number of Topliss-reactive ketones (excluding diaryl/α,β-unsaturated/α-hetero) is 1. The maximum Gasteiger partial charge on any atom is 0.163 e. The van der Waals surface area contributed by atoms with Crippen molar-refractivity contribution in [2.45, 2.75) is 26.7 Å². The van der Waals surface area contributed by atoms with Crippen LogP contribution in [0.25, 0.3) is 0 Å². The van der Waals surface area contributed by atoms with Crippen molar-refractivity contribution in [2.24, 2.45) is 0 Å². The van der Waals surface area contributed by atoms with E-state index in [1.54, 1.807) is 13.0 Å². The summed E-state index contributed by atoms with van der Waals surface area (Å²) < 4.78 is 6.74. The number of rotatable bonds is 4. The number of ether oxygens (including phenoxy) is 1. The maximum absolute atomic E-state index is 11.7. The van der Waals surface area contributed by atoms with Crippen LogP contribution in [0.3, 0.4) is 0 Å². The quantitative estimate of drug-likeness (QED) is 0.684. The molecule has 2 rings (SSSR count). The predicted octanol–water partition coefficient (Wildman–Crippen LogP) is 5.57. The molecule has 0 radical (unpaired) electrons. The van der Waals surface area contributed by atoms with Crippen LogP contribution in [-0.2, 0) is 0 Å². The Kier molecular flexibility index (Phi) is 4.61. The van der Waals surface area contributed by atoms with Crippen LogP contribution in [0.5, 0.6) is 11.5 Å². The zero-order valence-electron chi connectivity index (χ0n) is 11.8. The Labute approximate surface area is 127 Å². The van der Waals surface area contributed by atoms with E-state index in [1.807, 2.05) is 30.3 Å². The fourth-order valence-electron chi connectivity index (χ4n) is 1.93. The van der Waals surface area contributed by atoms with Crippen molar-refractivity contribution in [3.05, 3.63) is 58.1 Å². The van der Waals surface area contributed by atoms with Crippen LogP contribution in [0.4, 0.5) is 0 Å². The molecule has 0 fully saturated rings. The summed E-state index contributed by atoms with van der Waals surface area (Å²) in [5.74, 6) is 1.76. The highest BCUT2D eigenvalue weighted by molar-refractivity contribution is 9.10. The van der Waals surface area contributed by atoms with Crippen molar-refractivity contribution in [3.63, 3.8) is 0 Å². The molecule has 3 heteroatoms. The van der Waals surface area contributed by atoms with Gasteiger partial charge in [0.15, 0.2) is 5.78 Å². The minimum atomic E-state index is -0.0127. The third kappa shape index (κ3) is 3.48. The van der Waals surface area contributed by atoms with E-state index in [4.69, 9.17) is 4.74 Å². The summed E-state index contributed by atoms with van der Waals surface area (Å²) in [5.41, 5.74) is 1.79.